The van der Waals surface area contributed by atoms with Gasteiger partial charge < -0.3 is 20.1 Å². The van der Waals surface area contributed by atoms with Crippen molar-refractivity contribution < 1.29 is 37.4 Å². The maximum atomic E-state index is 13.5. The molecule has 2 N–H and O–H groups in total. The van der Waals surface area contributed by atoms with Crippen LogP contribution in [-0.4, -0.2) is 58.6 Å². The lowest BCUT2D eigenvalue weighted by atomic mass is 9.99. The number of benzene rings is 2. The Labute approximate surface area is 231 Å². The average molecular weight is 562 g/mol. The maximum absolute atomic E-state index is 13.5. The summed E-state index contributed by atoms with van der Waals surface area (Å²) < 4.78 is 41.6. The average Bonchev–Trinajstić information content (AvgIpc) is 3.11. The number of halogens is 3. The van der Waals surface area contributed by atoms with Crippen LogP contribution in [0.2, 0.25) is 0 Å². The SMILES string of the molecule is CC(C)CCCC1(C)N=C(c2ccc(OC(F)(F)F)cc2)C(=O)N1CCc1ccc(C(=O)NCCC(=O)O)cc1. The molecule has 0 saturated carbocycles. The van der Waals surface area contributed by atoms with E-state index in [0.717, 1.165) is 30.5 Å². The van der Waals surface area contributed by atoms with Gasteiger partial charge in [-0.05, 0) is 74.1 Å². The Balaban J connectivity index is 1.73. The van der Waals surface area contributed by atoms with Gasteiger partial charge in [0.2, 0.25) is 0 Å². The van der Waals surface area contributed by atoms with E-state index in [9.17, 15) is 27.6 Å². The van der Waals surface area contributed by atoms with Crippen molar-refractivity contribution in [3.05, 3.63) is 65.2 Å². The molecule has 3 rings (SSSR count). The van der Waals surface area contributed by atoms with E-state index in [4.69, 9.17) is 10.1 Å². The second-order valence-electron chi connectivity index (χ2n) is 10.3. The fraction of sp³-hybridized carbons (Fsp3) is 0.448. The van der Waals surface area contributed by atoms with Crippen molar-refractivity contribution in [1.82, 2.24) is 10.2 Å². The Morgan fingerprint density at radius 2 is 1.75 bits per heavy atom. The highest BCUT2D eigenvalue weighted by molar-refractivity contribution is 6.46. The van der Waals surface area contributed by atoms with E-state index in [1.54, 1.807) is 29.2 Å². The molecule has 0 spiro atoms. The zero-order chi connectivity index (χ0) is 29.5. The van der Waals surface area contributed by atoms with Crippen LogP contribution < -0.4 is 10.1 Å². The number of carboxylic acid groups (broad SMARTS) is 1. The molecular formula is C29H34F3N3O5. The number of hydrogen-bond acceptors (Lipinski definition) is 5. The molecule has 1 atom stereocenters. The van der Waals surface area contributed by atoms with Crippen LogP contribution in [0, 0.1) is 5.92 Å². The van der Waals surface area contributed by atoms with Crippen LogP contribution in [0.3, 0.4) is 0 Å². The Kier molecular flexibility index (Phi) is 9.94. The topological polar surface area (TPSA) is 108 Å². The fourth-order valence-corrected chi connectivity index (χ4v) is 4.53. The van der Waals surface area contributed by atoms with Crippen molar-refractivity contribution >= 4 is 23.5 Å². The molecule has 0 fully saturated rings. The van der Waals surface area contributed by atoms with E-state index in [0.29, 0.717) is 36.4 Å². The van der Waals surface area contributed by atoms with Crippen molar-refractivity contribution in [1.29, 1.82) is 0 Å². The molecule has 0 bridgehead atoms. The molecule has 1 aliphatic heterocycles. The Bertz CT molecular complexity index is 1230. The minimum Gasteiger partial charge on any atom is -0.481 e. The number of hydrogen-bond donors (Lipinski definition) is 2. The van der Waals surface area contributed by atoms with Gasteiger partial charge in [0, 0.05) is 24.2 Å². The largest absolute Gasteiger partial charge is 0.573 e. The van der Waals surface area contributed by atoms with Gasteiger partial charge in [0.1, 0.15) is 17.1 Å². The fourth-order valence-electron chi connectivity index (χ4n) is 4.53. The number of aliphatic imine (C=N–C) groups is 1. The van der Waals surface area contributed by atoms with Crippen molar-refractivity contribution in [2.24, 2.45) is 10.9 Å². The van der Waals surface area contributed by atoms with Crippen molar-refractivity contribution in [3.63, 3.8) is 0 Å². The van der Waals surface area contributed by atoms with Crippen molar-refractivity contribution in [2.75, 3.05) is 13.1 Å². The van der Waals surface area contributed by atoms with Gasteiger partial charge in [0.05, 0.1) is 6.42 Å². The summed E-state index contributed by atoms with van der Waals surface area (Å²) in [6.45, 7) is 6.51. The van der Waals surface area contributed by atoms with Gasteiger partial charge in [-0.25, -0.2) is 0 Å². The van der Waals surface area contributed by atoms with E-state index in [1.807, 2.05) is 6.92 Å². The summed E-state index contributed by atoms with van der Waals surface area (Å²) in [4.78, 5) is 42.9. The number of nitrogens with zero attached hydrogens (tertiary/aromatic N) is 2. The molecule has 0 radical (unpaired) electrons. The second-order valence-corrected chi connectivity index (χ2v) is 10.3. The third kappa shape index (κ3) is 8.56. The van der Waals surface area contributed by atoms with Crippen molar-refractivity contribution in [3.8, 4) is 5.75 Å². The number of alkyl halides is 3. The van der Waals surface area contributed by atoms with Gasteiger partial charge >= 0.3 is 12.3 Å². The van der Waals surface area contributed by atoms with Crippen LogP contribution >= 0.6 is 0 Å². The highest BCUT2D eigenvalue weighted by Gasteiger charge is 2.43. The number of amides is 2. The number of ether oxygens (including phenoxy) is 1. The summed E-state index contributed by atoms with van der Waals surface area (Å²) in [6.07, 6.45) is -2.05. The molecular weight excluding hydrogens is 527 g/mol. The predicted molar refractivity (Wildman–Crippen MR) is 143 cm³/mol. The van der Waals surface area contributed by atoms with Gasteiger partial charge in [-0.15, -0.1) is 13.2 Å². The first-order valence-electron chi connectivity index (χ1n) is 13.1. The van der Waals surface area contributed by atoms with Crippen molar-refractivity contribution in [2.45, 2.75) is 64.9 Å². The minimum absolute atomic E-state index is 0.0306. The summed E-state index contributed by atoms with van der Waals surface area (Å²) >= 11 is 0. The lowest BCUT2D eigenvalue weighted by Gasteiger charge is -2.33. The first-order valence-corrected chi connectivity index (χ1v) is 13.1. The summed E-state index contributed by atoms with van der Waals surface area (Å²) in [5.74, 6) is -1.56. The number of carboxylic acids is 1. The Hall–Kier alpha value is -3.89. The molecule has 216 valence electrons. The van der Waals surface area contributed by atoms with Crippen LogP contribution in [-0.2, 0) is 16.0 Å². The number of carbonyl (C=O) groups is 3. The first-order chi connectivity index (χ1) is 18.8. The molecule has 2 aromatic rings. The van der Waals surface area contributed by atoms with Gasteiger partial charge in [0.15, 0.2) is 0 Å². The predicted octanol–water partition coefficient (Wildman–Crippen LogP) is 5.21. The number of aliphatic carboxylic acids is 1. The Morgan fingerprint density at radius 1 is 1.10 bits per heavy atom. The normalized spacial score (nSPS) is 17.2. The van der Waals surface area contributed by atoms with Gasteiger partial charge in [0.25, 0.3) is 11.8 Å². The van der Waals surface area contributed by atoms with Gasteiger partial charge in [-0.3, -0.25) is 19.4 Å². The van der Waals surface area contributed by atoms with E-state index >= 15 is 0 Å². The van der Waals surface area contributed by atoms with Gasteiger partial charge in [-0.1, -0.05) is 32.4 Å². The molecule has 1 heterocycles. The monoisotopic (exact) mass is 561 g/mol. The number of rotatable bonds is 13. The van der Waals surface area contributed by atoms with E-state index in [-0.39, 0.29) is 36.2 Å². The molecule has 11 heteroatoms. The third-order valence-corrected chi connectivity index (χ3v) is 6.64. The molecule has 0 aliphatic carbocycles. The van der Waals surface area contributed by atoms with Crippen LogP contribution in [0.4, 0.5) is 13.2 Å². The summed E-state index contributed by atoms with van der Waals surface area (Å²) in [7, 11) is 0. The quantitative estimate of drug-likeness (QED) is 0.349. The second kappa shape index (κ2) is 13.0. The molecule has 1 aliphatic rings. The zero-order valence-electron chi connectivity index (χ0n) is 22.8. The Morgan fingerprint density at radius 3 is 2.33 bits per heavy atom. The summed E-state index contributed by atoms with van der Waals surface area (Å²) in [5, 5.41) is 11.3. The molecule has 0 saturated heterocycles. The lowest BCUT2D eigenvalue weighted by molar-refractivity contribution is -0.274. The molecule has 1 unspecified atom stereocenters. The lowest BCUT2D eigenvalue weighted by Crippen LogP contribution is -2.46. The molecule has 2 amide bonds. The zero-order valence-corrected chi connectivity index (χ0v) is 22.8. The highest BCUT2D eigenvalue weighted by Crippen LogP contribution is 2.33. The van der Waals surface area contributed by atoms with E-state index in [2.05, 4.69) is 23.9 Å². The number of nitrogens with one attached hydrogen (secondary N) is 1. The summed E-state index contributed by atoms with van der Waals surface area (Å²) in [5.41, 5.74) is 1.08. The molecule has 8 nitrogen and oxygen atoms in total. The molecule has 40 heavy (non-hydrogen) atoms. The van der Waals surface area contributed by atoms with Gasteiger partial charge in [-0.2, -0.15) is 0 Å². The molecule has 0 aromatic heterocycles. The van der Waals surface area contributed by atoms with E-state index < -0.39 is 18.0 Å². The standard InChI is InChI=1S/C29H34F3N3O5/c1-19(2)5-4-16-28(3)34-25(21-10-12-23(13-11-21)40-29(30,31)32)27(39)35(28)18-15-20-6-8-22(9-7-20)26(38)33-17-14-24(36)37/h6-13,19H,4-5,14-18H2,1-3H3,(H,33,38)(H,36,37). The molecule has 2 aromatic carbocycles. The smallest absolute Gasteiger partial charge is 0.481 e. The van der Waals surface area contributed by atoms with Crippen LogP contribution in [0.15, 0.2) is 53.5 Å². The van der Waals surface area contributed by atoms with Crippen LogP contribution in [0.1, 0.15) is 67.9 Å². The first kappa shape index (κ1) is 30.6. The third-order valence-electron chi connectivity index (χ3n) is 6.64. The minimum atomic E-state index is -4.81. The van der Waals surface area contributed by atoms with E-state index in [1.165, 1.54) is 12.1 Å². The highest BCUT2D eigenvalue weighted by atomic mass is 19.4. The van der Waals surface area contributed by atoms with Crippen LogP contribution in [0.25, 0.3) is 0 Å². The maximum Gasteiger partial charge on any atom is 0.573 e. The number of carbonyl (C=O) groups excluding carboxylic acids is 2. The summed E-state index contributed by atoms with van der Waals surface area (Å²) in [6, 6.07) is 12.0. The van der Waals surface area contributed by atoms with Crippen LogP contribution in [0.5, 0.6) is 5.75 Å².